The number of hydrogen-bond acceptors (Lipinski definition) is 4. The van der Waals surface area contributed by atoms with Gasteiger partial charge in [0.15, 0.2) is 11.6 Å². The second-order valence-corrected chi connectivity index (χ2v) is 7.33. The molecule has 0 saturated heterocycles. The van der Waals surface area contributed by atoms with E-state index in [2.05, 4.69) is 26.8 Å². The van der Waals surface area contributed by atoms with Gasteiger partial charge in [-0.25, -0.2) is 13.8 Å². The molecule has 3 heterocycles. The molecule has 0 atom stereocenters. The van der Waals surface area contributed by atoms with Crippen molar-refractivity contribution in [2.45, 2.75) is 39.3 Å². The van der Waals surface area contributed by atoms with Crippen LogP contribution in [-0.2, 0) is 25.9 Å². The second kappa shape index (κ2) is 8.21. The number of aromatic amines is 1. The third-order valence-corrected chi connectivity index (χ3v) is 5.13. The van der Waals surface area contributed by atoms with Crippen molar-refractivity contribution in [3.05, 3.63) is 81.2 Å². The third kappa shape index (κ3) is 4.24. The zero-order valence-corrected chi connectivity index (χ0v) is 16.2. The minimum absolute atomic E-state index is 0.0463. The first-order valence-electron chi connectivity index (χ1n) is 9.77. The lowest BCUT2D eigenvalue weighted by atomic mass is 10.1. The average Bonchev–Trinajstić information content (AvgIpc) is 2.71. The molecule has 2 aromatic heterocycles. The summed E-state index contributed by atoms with van der Waals surface area (Å²) in [7, 11) is 0. The minimum Gasteiger partial charge on any atom is -0.310 e. The highest BCUT2D eigenvalue weighted by Gasteiger charge is 2.21. The summed E-state index contributed by atoms with van der Waals surface area (Å²) >= 11 is 0. The van der Waals surface area contributed by atoms with Gasteiger partial charge < -0.3 is 4.98 Å². The number of H-pyrrole nitrogens is 1. The Kier molecular flexibility index (Phi) is 5.49. The number of aryl methyl sites for hydroxylation is 1. The van der Waals surface area contributed by atoms with Crippen LogP contribution in [0.25, 0.3) is 11.3 Å². The molecule has 7 heteroatoms. The summed E-state index contributed by atoms with van der Waals surface area (Å²) in [5.74, 6) is -0.995. The Labute approximate surface area is 167 Å². The number of benzene rings is 1. The summed E-state index contributed by atoms with van der Waals surface area (Å²) in [6.45, 7) is 4.09. The van der Waals surface area contributed by atoms with Gasteiger partial charge in [0.05, 0.1) is 17.0 Å². The topological polar surface area (TPSA) is 61.9 Å². The molecule has 3 aromatic rings. The SMILES string of the molecule is CCCc1nc2c(c(=O)[nH]1)CN(Cc1ccc(-c3ccc(F)c(F)c3)nc1)CC2. The lowest BCUT2D eigenvalue weighted by molar-refractivity contribution is 0.241. The van der Waals surface area contributed by atoms with Crippen molar-refractivity contribution in [2.24, 2.45) is 0 Å². The van der Waals surface area contributed by atoms with E-state index in [0.29, 0.717) is 24.3 Å². The molecule has 0 saturated carbocycles. The van der Waals surface area contributed by atoms with Gasteiger partial charge in [0, 0.05) is 44.2 Å². The summed E-state index contributed by atoms with van der Waals surface area (Å²) in [5.41, 5.74) is 3.70. The average molecular weight is 396 g/mol. The van der Waals surface area contributed by atoms with E-state index in [4.69, 9.17) is 0 Å². The van der Waals surface area contributed by atoms with E-state index in [-0.39, 0.29) is 5.56 Å². The van der Waals surface area contributed by atoms with Crippen LogP contribution >= 0.6 is 0 Å². The molecule has 5 nitrogen and oxygen atoms in total. The van der Waals surface area contributed by atoms with Gasteiger partial charge in [-0.2, -0.15) is 0 Å². The van der Waals surface area contributed by atoms with E-state index in [1.54, 1.807) is 12.3 Å². The molecular formula is C22H22F2N4O. The van der Waals surface area contributed by atoms with E-state index < -0.39 is 11.6 Å². The Morgan fingerprint density at radius 2 is 2.03 bits per heavy atom. The van der Waals surface area contributed by atoms with Gasteiger partial charge in [-0.1, -0.05) is 13.0 Å². The Morgan fingerprint density at radius 3 is 2.76 bits per heavy atom. The fraction of sp³-hybridized carbons (Fsp3) is 0.318. The predicted octanol–water partition coefficient (Wildman–Crippen LogP) is 3.62. The lowest BCUT2D eigenvalue weighted by Crippen LogP contribution is -2.35. The molecule has 29 heavy (non-hydrogen) atoms. The van der Waals surface area contributed by atoms with Gasteiger partial charge >= 0.3 is 0 Å². The Morgan fingerprint density at radius 1 is 1.17 bits per heavy atom. The number of nitrogens with zero attached hydrogens (tertiary/aromatic N) is 3. The molecule has 4 rings (SSSR count). The molecule has 1 aliphatic heterocycles. The maximum Gasteiger partial charge on any atom is 0.255 e. The number of nitrogens with one attached hydrogen (secondary N) is 1. The van der Waals surface area contributed by atoms with Crippen molar-refractivity contribution < 1.29 is 8.78 Å². The Balaban J connectivity index is 1.46. The fourth-order valence-electron chi connectivity index (χ4n) is 3.63. The summed E-state index contributed by atoms with van der Waals surface area (Å²) in [5, 5.41) is 0. The van der Waals surface area contributed by atoms with Gasteiger partial charge in [-0.05, 0) is 36.2 Å². The molecule has 0 fully saturated rings. The van der Waals surface area contributed by atoms with Crippen molar-refractivity contribution >= 4 is 0 Å². The zero-order valence-electron chi connectivity index (χ0n) is 16.2. The highest BCUT2D eigenvalue weighted by Crippen LogP contribution is 2.21. The van der Waals surface area contributed by atoms with Crippen LogP contribution in [0.4, 0.5) is 8.78 Å². The molecule has 1 aromatic carbocycles. The molecule has 0 aliphatic carbocycles. The zero-order chi connectivity index (χ0) is 20.4. The van der Waals surface area contributed by atoms with Crippen LogP contribution in [0.2, 0.25) is 0 Å². The molecule has 150 valence electrons. The van der Waals surface area contributed by atoms with E-state index >= 15 is 0 Å². The van der Waals surface area contributed by atoms with Gasteiger partial charge in [-0.15, -0.1) is 0 Å². The first-order chi connectivity index (χ1) is 14.0. The molecular weight excluding hydrogens is 374 g/mol. The van der Waals surface area contributed by atoms with Crippen LogP contribution < -0.4 is 5.56 Å². The number of aromatic nitrogens is 3. The molecule has 0 radical (unpaired) electrons. The number of halogens is 2. The molecule has 0 amide bonds. The van der Waals surface area contributed by atoms with E-state index in [1.165, 1.54) is 6.07 Å². The molecule has 0 spiro atoms. The maximum absolute atomic E-state index is 13.4. The van der Waals surface area contributed by atoms with E-state index in [9.17, 15) is 13.6 Å². The minimum atomic E-state index is -0.888. The van der Waals surface area contributed by atoms with Crippen molar-refractivity contribution in [3.8, 4) is 11.3 Å². The summed E-state index contributed by atoms with van der Waals surface area (Å²) in [4.78, 5) is 26.5. The summed E-state index contributed by atoms with van der Waals surface area (Å²) < 4.78 is 26.5. The highest BCUT2D eigenvalue weighted by molar-refractivity contribution is 5.59. The van der Waals surface area contributed by atoms with Gasteiger partial charge in [0.2, 0.25) is 0 Å². The predicted molar refractivity (Wildman–Crippen MR) is 106 cm³/mol. The van der Waals surface area contributed by atoms with E-state index in [1.807, 2.05) is 6.07 Å². The van der Waals surface area contributed by atoms with Gasteiger partial charge in [0.25, 0.3) is 5.56 Å². The smallest absolute Gasteiger partial charge is 0.255 e. The first kappa shape index (κ1) is 19.4. The maximum atomic E-state index is 13.4. The van der Waals surface area contributed by atoms with Crippen LogP contribution in [0.3, 0.4) is 0 Å². The van der Waals surface area contributed by atoms with Crippen LogP contribution in [0.15, 0.2) is 41.3 Å². The lowest BCUT2D eigenvalue weighted by Gasteiger charge is -2.27. The van der Waals surface area contributed by atoms with Crippen LogP contribution in [0, 0.1) is 11.6 Å². The number of fused-ring (bicyclic) bond motifs is 1. The molecule has 0 bridgehead atoms. The third-order valence-electron chi connectivity index (χ3n) is 5.13. The van der Waals surface area contributed by atoms with Crippen molar-refractivity contribution in [2.75, 3.05) is 6.54 Å². The largest absolute Gasteiger partial charge is 0.310 e. The van der Waals surface area contributed by atoms with Crippen LogP contribution in [0.1, 0.15) is 36.0 Å². The Bertz CT molecular complexity index is 1080. The standard InChI is InChI=1S/C22H22F2N4O/c1-2-3-21-26-20-8-9-28(13-16(20)22(29)27-21)12-14-4-7-19(25-11-14)15-5-6-17(23)18(24)10-15/h4-7,10-11H,2-3,8-9,12-13H2,1H3,(H,26,27,29). The number of hydrogen-bond donors (Lipinski definition) is 1. The quantitative estimate of drug-likeness (QED) is 0.716. The molecule has 0 unspecified atom stereocenters. The van der Waals surface area contributed by atoms with Gasteiger partial charge in [0.1, 0.15) is 5.82 Å². The number of rotatable bonds is 5. The van der Waals surface area contributed by atoms with Crippen molar-refractivity contribution in [1.82, 2.24) is 19.9 Å². The molecule has 1 aliphatic rings. The highest BCUT2D eigenvalue weighted by atomic mass is 19.2. The summed E-state index contributed by atoms with van der Waals surface area (Å²) in [6, 6.07) is 7.47. The van der Waals surface area contributed by atoms with Crippen molar-refractivity contribution in [3.63, 3.8) is 0 Å². The Hall–Kier alpha value is -2.93. The molecule has 1 N–H and O–H groups in total. The monoisotopic (exact) mass is 396 g/mol. The fourth-order valence-corrected chi connectivity index (χ4v) is 3.63. The van der Waals surface area contributed by atoms with Gasteiger partial charge in [-0.3, -0.25) is 14.7 Å². The van der Waals surface area contributed by atoms with Crippen LogP contribution in [-0.4, -0.2) is 26.4 Å². The number of pyridine rings is 1. The van der Waals surface area contributed by atoms with Crippen molar-refractivity contribution in [1.29, 1.82) is 0 Å². The van der Waals surface area contributed by atoms with Crippen LogP contribution in [0.5, 0.6) is 0 Å². The normalized spacial score (nSPS) is 14.0. The van der Waals surface area contributed by atoms with E-state index in [0.717, 1.165) is 60.6 Å². The summed E-state index contributed by atoms with van der Waals surface area (Å²) in [6.07, 6.45) is 4.21. The second-order valence-electron chi connectivity index (χ2n) is 7.33. The first-order valence-corrected chi connectivity index (χ1v) is 9.77.